The number of aromatic amines is 1. The summed E-state index contributed by atoms with van der Waals surface area (Å²) >= 11 is 0. The maximum Gasteiger partial charge on any atom is 0.353 e. The van der Waals surface area contributed by atoms with Gasteiger partial charge in [0.25, 0.3) is 0 Å². The zero-order valence-corrected chi connectivity index (χ0v) is 8.62. The highest BCUT2D eigenvalue weighted by atomic mass is 16.4. The molecule has 0 saturated carbocycles. The number of rotatable bonds is 4. The van der Waals surface area contributed by atoms with E-state index in [1.54, 1.807) is 18.5 Å². The molecule has 2 rings (SSSR count). The van der Waals surface area contributed by atoms with Crippen molar-refractivity contribution in [3.8, 4) is 0 Å². The second-order valence-corrected chi connectivity index (χ2v) is 3.22. The van der Waals surface area contributed by atoms with E-state index in [-0.39, 0.29) is 24.0 Å². The van der Waals surface area contributed by atoms with Gasteiger partial charge in [0.1, 0.15) is 12.2 Å². The van der Waals surface area contributed by atoms with Gasteiger partial charge in [-0.15, -0.1) is 0 Å². The number of H-pyrrole nitrogens is 1. The molecular weight excluding hydrogens is 226 g/mol. The summed E-state index contributed by atoms with van der Waals surface area (Å²) in [5, 5.41) is 20.9. The van der Waals surface area contributed by atoms with Gasteiger partial charge in [0, 0.05) is 18.5 Å². The normalized spacial score (nSPS) is 10.1. The van der Waals surface area contributed by atoms with Crippen molar-refractivity contribution in [2.75, 3.05) is 5.32 Å². The molecule has 0 bridgehead atoms. The monoisotopic (exact) mass is 235 g/mol. The van der Waals surface area contributed by atoms with Crippen LogP contribution in [0.2, 0.25) is 0 Å². The third-order valence-electron chi connectivity index (χ3n) is 1.94. The van der Waals surface area contributed by atoms with Crippen LogP contribution in [0.5, 0.6) is 0 Å². The van der Waals surface area contributed by atoms with E-state index < -0.39 is 5.97 Å². The van der Waals surface area contributed by atoms with Gasteiger partial charge in [-0.2, -0.15) is 10.2 Å². The Balaban J connectivity index is 1.96. The first kappa shape index (κ1) is 10.9. The Bertz CT molecular complexity index is 531. The number of nitrogens with zero attached hydrogens (tertiary/aromatic N) is 3. The summed E-state index contributed by atoms with van der Waals surface area (Å²) in [4.78, 5) is 22.0. The minimum atomic E-state index is -1.13. The predicted molar refractivity (Wildman–Crippen MR) is 56.4 cm³/mol. The van der Waals surface area contributed by atoms with E-state index >= 15 is 0 Å². The van der Waals surface area contributed by atoms with Crippen LogP contribution in [0.3, 0.4) is 0 Å². The molecule has 0 saturated heterocycles. The number of carbonyl (C=O) groups is 2. The van der Waals surface area contributed by atoms with Gasteiger partial charge in [0.2, 0.25) is 5.91 Å². The first-order valence-corrected chi connectivity index (χ1v) is 4.71. The lowest BCUT2D eigenvalue weighted by Gasteiger charge is -2.01. The van der Waals surface area contributed by atoms with Gasteiger partial charge >= 0.3 is 5.97 Å². The molecule has 0 aliphatic carbocycles. The van der Waals surface area contributed by atoms with Gasteiger partial charge in [-0.25, -0.2) is 4.79 Å². The van der Waals surface area contributed by atoms with E-state index in [0.29, 0.717) is 0 Å². The zero-order chi connectivity index (χ0) is 12.3. The molecule has 17 heavy (non-hydrogen) atoms. The summed E-state index contributed by atoms with van der Waals surface area (Å²) in [6, 6.07) is 2.94. The van der Waals surface area contributed by atoms with Crippen molar-refractivity contribution in [2.24, 2.45) is 0 Å². The number of aromatic nitrogens is 4. The maximum atomic E-state index is 11.5. The number of carboxylic acids is 1. The molecule has 2 aromatic rings. The molecule has 0 unspecified atom stereocenters. The van der Waals surface area contributed by atoms with Crippen molar-refractivity contribution < 1.29 is 14.7 Å². The summed E-state index contributed by atoms with van der Waals surface area (Å²) in [5.74, 6) is -1.30. The fourth-order valence-corrected chi connectivity index (χ4v) is 1.22. The number of hydrogen-bond donors (Lipinski definition) is 3. The van der Waals surface area contributed by atoms with Crippen molar-refractivity contribution in [1.29, 1.82) is 0 Å². The SMILES string of the molecule is O=C(Cn1cccn1)Nc1cc(C(=O)O)[nH]n1. The lowest BCUT2D eigenvalue weighted by Crippen LogP contribution is -2.19. The Kier molecular flexibility index (Phi) is 2.86. The highest BCUT2D eigenvalue weighted by molar-refractivity contribution is 5.92. The Morgan fingerprint density at radius 2 is 2.35 bits per heavy atom. The van der Waals surface area contributed by atoms with Gasteiger partial charge in [-0.3, -0.25) is 14.6 Å². The van der Waals surface area contributed by atoms with Crippen LogP contribution < -0.4 is 5.32 Å². The number of aromatic carboxylic acids is 1. The second-order valence-electron chi connectivity index (χ2n) is 3.22. The minimum absolute atomic E-state index is 0.0439. The van der Waals surface area contributed by atoms with Crippen molar-refractivity contribution >= 4 is 17.7 Å². The molecule has 0 aromatic carbocycles. The molecule has 0 aliphatic rings. The van der Waals surface area contributed by atoms with Crippen molar-refractivity contribution in [2.45, 2.75) is 6.54 Å². The van der Waals surface area contributed by atoms with Gasteiger partial charge in [0.05, 0.1) is 0 Å². The number of carboxylic acid groups (broad SMARTS) is 1. The van der Waals surface area contributed by atoms with Crippen molar-refractivity contribution in [1.82, 2.24) is 20.0 Å². The van der Waals surface area contributed by atoms with Crippen LogP contribution in [0.15, 0.2) is 24.5 Å². The van der Waals surface area contributed by atoms with Gasteiger partial charge < -0.3 is 10.4 Å². The number of nitrogens with one attached hydrogen (secondary N) is 2. The molecule has 0 fully saturated rings. The third-order valence-corrected chi connectivity index (χ3v) is 1.94. The smallest absolute Gasteiger partial charge is 0.353 e. The number of anilines is 1. The van der Waals surface area contributed by atoms with Crippen molar-refractivity contribution in [3.63, 3.8) is 0 Å². The fourth-order valence-electron chi connectivity index (χ4n) is 1.22. The predicted octanol–water partition coefficient (Wildman–Crippen LogP) is -0.0569. The fraction of sp³-hybridized carbons (Fsp3) is 0.111. The molecule has 2 aromatic heterocycles. The van der Waals surface area contributed by atoms with E-state index in [9.17, 15) is 9.59 Å². The largest absolute Gasteiger partial charge is 0.477 e. The van der Waals surface area contributed by atoms with Crippen LogP contribution in [-0.2, 0) is 11.3 Å². The quantitative estimate of drug-likeness (QED) is 0.687. The summed E-state index contributed by atoms with van der Waals surface area (Å²) in [6.45, 7) is 0.0439. The molecule has 0 radical (unpaired) electrons. The first-order chi connectivity index (χ1) is 8.15. The Hall–Kier alpha value is -2.64. The zero-order valence-electron chi connectivity index (χ0n) is 8.62. The Morgan fingerprint density at radius 1 is 1.53 bits per heavy atom. The van der Waals surface area contributed by atoms with Gasteiger partial charge in [-0.05, 0) is 6.07 Å². The van der Waals surface area contributed by atoms with E-state index in [2.05, 4.69) is 20.6 Å². The lowest BCUT2D eigenvalue weighted by atomic mass is 10.4. The maximum absolute atomic E-state index is 11.5. The topological polar surface area (TPSA) is 113 Å². The number of amides is 1. The summed E-state index contributed by atoms with van der Waals surface area (Å²) in [6.07, 6.45) is 3.21. The lowest BCUT2D eigenvalue weighted by molar-refractivity contribution is -0.116. The minimum Gasteiger partial charge on any atom is -0.477 e. The van der Waals surface area contributed by atoms with Crippen LogP contribution >= 0.6 is 0 Å². The molecule has 3 N–H and O–H groups in total. The standard InChI is InChI=1S/C9H9N5O3/c15-8(5-14-3-1-2-10-14)11-7-4-6(9(16)17)12-13-7/h1-4H,5H2,(H,16,17)(H2,11,12,13,15). The third kappa shape index (κ3) is 2.68. The average Bonchev–Trinajstić information content (AvgIpc) is 2.88. The average molecular weight is 235 g/mol. The van der Waals surface area contributed by atoms with Crippen LogP contribution in [0, 0.1) is 0 Å². The van der Waals surface area contributed by atoms with E-state index in [4.69, 9.17) is 5.11 Å². The molecule has 1 amide bonds. The highest BCUT2D eigenvalue weighted by Crippen LogP contribution is 2.05. The molecular formula is C9H9N5O3. The molecule has 0 atom stereocenters. The van der Waals surface area contributed by atoms with Gasteiger partial charge in [-0.1, -0.05) is 0 Å². The van der Waals surface area contributed by atoms with Crippen LogP contribution in [0.4, 0.5) is 5.82 Å². The number of hydrogen-bond acceptors (Lipinski definition) is 4. The first-order valence-electron chi connectivity index (χ1n) is 4.71. The van der Waals surface area contributed by atoms with E-state index in [1.807, 2.05) is 0 Å². The molecule has 8 heteroatoms. The molecule has 8 nitrogen and oxygen atoms in total. The van der Waals surface area contributed by atoms with Crippen LogP contribution in [0.1, 0.15) is 10.5 Å². The summed E-state index contributed by atoms with van der Waals surface area (Å²) in [7, 11) is 0. The molecule has 0 aliphatic heterocycles. The molecule has 88 valence electrons. The molecule has 2 heterocycles. The summed E-state index contributed by atoms with van der Waals surface area (Å²) in [5.41, 5.74) is -0.0839. The van der Waals surface area contributed by atoms with Crippen molar-refractivity contribution in [3.05, 3.63) is 30.2 Å². The van der Waals surface area contributed by atoms with E-state index in [0.717, 1.165) is 0 Å². The molecule has 0 spiro atoms. The van der Waals surface area contributed by atoms with Gasteiger partial charge in [0.15, 0.2) is 5.82 Å². The Labute approximate surface area is 95.3 Å². The Morgan fingerprint density at radius 3 is 2.94 bits per heavy atom. The van der Waals surface area contributed by atoms with Crippen LogP contribution in [0.25, 0.3) is 0 Å². The summed E-state index contributed by atoms with van der Waals surface area (Å²) < 4.78 is 1.44. The number of carbonyl (C=O) groups excluding carboxylic acids is 1. The second kappa shape index (κ2) is 4.47. The highest BCUT2D eigenvalue weighted by Gasteiger charge is 2.10. The van der Waals surface area contributed by atoms with Crippen LogP contribution in [-0.4, -0.2) is 37.0 Å². The van der Waals surface area contributed by atoms with E-state index in [1.165, 1.54) is 10.7 Å².